The summed E-state index contributed by atoms with van der Waals surface area (Å²) in [6, 6.07) is 5.49. The van der Waals surface area contributed by atoms with Crippen molar-refractivity contribution in [1.29, 1.82) is 0 Å². The Morgan fingerprint density at radius 2 is 2.24 bits per heavy atom. The minimum atomic E-state index is -1.18. The van der Waals surface area contributed by atoms with Gasteiger partial charge in [-0.25, -0.2) is 0 Å². The lowest BCUT2D eigenvalue weighted by Crippen LogP contribution is -2.69. The Bertz CT molecular complexity index is 425. The molecular formula is C10H12N2O4S. The van der Waals surface area contributed by atoms with E-state index in [0.717, 1.165) is 5.56 Å². The van der Waals surface area contributed by atoms with E-state index >= 15 is 0 Å². The molecule has 0 aliphatic heterocycles. The van der Waals surface area contributed by atoms with Crippen LogP contribution in [0.25, 0.3) is 0 Å². The molecule has 1 rings (SSSR count). The Morgan fingerprint density at radius 3 is 2.82 bits per heavy atom. The fourth-order valence-corrected chi connectivity index (χ4v) is 2.10. The van der Waals surface area contributed by atoms with Crippen molar-refractivity contribution in [2.75, 3.05) is 5.75 Å². The number of carboxylic acid groups (broad SMARTS) is 1. The maximum Gasteiger partial charge on any atom is 0.269 e. The second kappa shape index (κ2) is 6.21. The van der Waals surface area contributed by atoms with E-state index in [9.17, 15) is 20.0 Å². The predicted molar refractivity (Wildman–Crippen MR) is 60.9 cm³/mol. The summed E-state index contributed by atoms with van der Waals surface area (Å²) < 4.78 is 0. The predicted octanol–water partition coefficient (Wildman–Crippen LogP) is -0.812. The lowest BCUT2D eigenvalue weighted by atomic mass is 10.2. The van der Waals surface area contributed by atoms with Crippen molar-refractivity contribution >= 4 is 23.4 Å². The molecule has 0 spiro atoms. The molecule has 92 valence electrons. The fourth-order valence-electron chi connectivity index (χ4n) is 1.15. The van der Waals surface area contributed by atoms with Crippen molar-refractivity contribution in [3.63, 3.8) is 0 Å². The highest BCUT2D eigenvalue weighted by Crippen LogP contribution is 2.18. The molecule has 1 aromatic rings. The summed E-state index contributed by atoms with van der Waals surface area (Å²) in [4.78, 5) is 20.5. The van der Waals surface area contributed by atoms with Gasteiger partial charge in [-0.15, -0.1) is 0 Å². The minimum Gasteiger partial charge on any atom is -0.544 e. The second-order valence-corrected chi connectivity index (χ2v) is 4.49. The van der Waals surface area contributed by atoms with Gasteiger partial charge in [0.2, 0.25) is 0 Å². The second-order valence-electron chi connectivity index (χ2n) is 3.46. The van der Waals surface area contributed by atoms with Crippen LogP contribution in [0.1, 0.15) is 5.56 Å². The van der Waals surface area contributed by atoms with E-state index in [1.54, 1.807) is 12.1 Å². The zero-order valence-corrected chi connectivity index (χ0v) is 9.81. The highest BCUT2D eigenvalue weighted by Gasteiger charge is 2.09. The summed E-state index contributed by atoms with van der Waals surface area (Å²) >= 11 is 1.36. The molecule has 0 aliphatic rings. The van der Waals surface area contributed by atoms with E-state index in [1.807, 2.05) is 0 Å². The van der Waals surface area contributed by atoms with E-state index in [4.69, 9.17) is 0 Å². The van der Waals surface area contributed by atoms with Gasteiger partial charge in [0.25, 0.3) is 5.69 Å². The Hall–Kier alpha value is -1.60. The molecule has 0 amide bonds. The van der Waals surface area contributed by atoms with Gasteiger partial charge in [-0.2, -0.15) is 11.8 Å². The third-order valence-electron chi connectivity index (χ3n) is 2.04. The van der Waals surface area contributed by atoms with E-state index in [-0.39, 0.29) is 5.69 Å². The van der Waals surface area contributed by atoms with Gasteiger partial charge in [-0.05, 0) is 5.56 Å². The molecule has 1 aromatic carbocycles. The first-order valence-corrected chi connectivity index (χ1v) is 6.01. The number of quaternary nitrogens is 1. The number of carbonyl (C=O) groups excluding carboxylic acids is 1. The average Bonchev–Trinajstić information content (AvgIpc) is 2.29. The standard InChI is InChI=1S/C10H12N2O4S/c11-9(10(13)14)6-17-5-7-2-1-3-8(4-7)12(15)16/h1-4,9H,5-6,11H2,(H,13,14)/t9-/m0/s1. The fraction of sp³-hybridized carbons (Fsp3) is 0.300. The Labute approximate surface area is 102 Å². The Morgan fingerprint density at radius 1 is 1.53 bits per heavy atom. The molecular weight excluding hydrogens is 244 g/mol. The van der Waals surface area contributed by atoms with Crippen LogP contribution in [0, 0.1) is 10.1 Å². The van der Waals surface area contributed by atoms with Crippen LogP contribution in [0.2, 0.25) is 0 Å². The Balaban J connectivity index is 2.49. The number of nitro benzene ring substituents is 1. The van der Waals surface area contributed by atoms with Crippen molar-refractivity contribution in [2.24, 2.45) is 0 Å². The largest absolute Gasteiger partial charge is 0.544 e. The first kappa shape index (κ1) is 13.5. The maximum atomic E-state index is 10.5. The number of nitrogens with zero attached hydrogens (tertiary/aromatic N) is 1. The minimum absolute atomic E-state index is 0.0363. The van der Waals surface area contributed by atoms with Crippen LogP contribution in [-0.4, -0.2) is 22.7 Å². The van der Waals surface area contributed by atoms with E-state index in [0.29, 0.717) is 11.5 Å². The summed E-state index contributed by atoms with van der Waals surface area (Å²) in [5.41, 5.74) is 4.25. The third-order valence-corrected chi connectivity index (χ3v) is 3.22. The molecule has 0 saturated carbocycles. The van der Waals surface area contributed by atoms with Gasteiger partial charge in [-0.3, -0.25) is 10.1 Å². The highest BCUT2D eigenvalue weighted by molar-refractivity contribution is 7.98. The van der Waals surface area contributed by atoms with Crippen molar-refractivity contribution in [3.05, 3.63) is 39.9 Å². The first-order valence-electron chi connectivity index (χ1n) is 4.85. The number of carbonyl (C=O) groups is 1. The number of hydrogen-bond acceptors (Lipinski definition) is 5. The number of hydrogen-bond donors (Lipinski definition) is 1. The lowest BCUT2D eigenvalue weighted by molar-refractivity contribution is -0.431. The quantitative estimate of drug-likeness (QED) is 0.528. The topological polar surface area (TPSA) is 111 Å². The van der Waals surface area contributed by atoms with Crippen LogP contribution < -0.4 is 10.8 Å². The third kappa shape index (κ3) is 4.41. The lowest BCUT2D eigenvalue weighted by Gasteiger charge is -2.08. The van der Waals surface area contributed by atoms with Crippen molar-refractivity contribution in [1.82, 2.24) is 0 Å². The van der Waals surface area contributed by atoms with Crippen molar-refractivity contribution < 1.29 is 20.6 Å². The maximum absolute atomic E-state index is 10.5. The zero-order chi connectivity index (χ0) is 12.8. The van der Waals surface area contributed by atoms with Crippen LogP contribution in [0.5, 0.6) is 0 Å². The van der Waals surface area contributed by atoms with Crippen LogP contribution in [0.15, 0.2) is 24.3 Å². The molecule has 0 bridgehead atoms. The SMILES string of the molecule is [NH3+][C@@H](CSCc1cccc([N+](=O)[O-])c1)C(=O)[O-]. The number of aliphatic carboxylic acids is 1. The molecule has 3 N–H and O–H groups in total. The van der Waals surface area contributed by atoms with Gasteiger partial charge in [0.1, 0.15) is 6.04 Å². The number of rotatable bonds is 6. The monoisotopic (exact) mass is 256 g/mol. The molecule has 0 radical (unpaired) electrons. The number of thioether (sulfide) groups is 1. The molecule has 0 unspecified atom stereocenters. The molecule has 7 heteroatoms. The van der Waals surface area contributed by atoms with Crippen LogP contribution in [0.4, 0.5) is 5.69 Å². The summed E-state index contributed by atoms with van der Waals surface area (Å²) in [7, 11) is 0. The normalized spacial score (nSPS) is 12.1. The van der Waals surface area contributed by atoms with Gasteiger partial charge < -0.3 is 15.6 Å². The van der Waals surface area contributed by atoms with Crippen LogP contribution in [-0.2, 0) is 10.5 Å². The van der Waals surface area contributed by atoms with Crippen LogP contribution >= 0.6 is 11.8 Å². The van der Waals surface area contributed by atoms with Gasteiger partial charge in [0, 0.05) is 17.9 Å². The summed E-state index contributed by atoms with van der Waals surface area (Å²) in [5.74, 6) is -0.344. The molecule has 0 aliphatic carbocycles. The number of non-ortho nitro benzene ring substituents is 1. The van der Waals surface area contributed by atoms with E-state index < -0.39 is 16.9 Å². The average molecular weight is 256 g/mol. The zero-order valence-electron chi connectivity index (χ0n) is 9.00. The molecule has 0 fully saturated rings. The van der Waals surface area contributed by atoms with E-state index in [1.165, 1.54) is 23.9 Å². The molecule has 0 heterocycles. The molecule has 0 aromatic heterocycles. The smallest absolute Gasteiger partial charge is 0.269 e. The van der Waals surface area contributed by atoms with Crippen molar-refractivity contribution in [3.8, 4) is 0 Å². The van der Waals surface area contributed by atoms with Gasteiger partial charge in [0.05, 0.1) is 16.6 Å². The van der Waals surface area contributed by atoms with Gasteiger partial charge >= 0.3 is 0 Å². The molecule has 17 heavy (non-hydrogen) atoms. The number of benzene rings is 1. The van der Waals surface area contributed by atoms with Gasteiger partial charge in [-0.1, -0.05) is 12.1 Å². The Kier molecular flexibility index (Phi) is 4.92. The summed E-state index contributed by atoms with van der Waals surface area (Å²) in [6.07, 6.45) is 0. The van der Waals surface area contributed by atoms with Crippen LogP contribution in [0.3, 0.4) is 0 Å². The van der Waals surface area contributed by atoms with Crippen molar-refractivity contribution in [2.45, 2.75) is 11.8 Å². The first-order chi connectivity index (χ1) is 8.00. The number of carboxylic acids is 1. The molecule has 6 nitrogen and oxygen atoms in total. The summed E-state index contributed by atoms with van der Waals surface area (Å²) in [6.45, 7) is 0. The summed E-state index contributed by atoms with van der Waals surface area (Å²) in [5, 5.41) is 20.9. The van der Waals surface area contributed by atoms with E-state index in [2.05, 4.69) is 5.73 Å². The highest BCUT2D eigenvalue weighted by atomic mass is 32.2. The van der Waals surface area contributed by atoms with Gasteiger partial charge in [0.15, 0.2) is 0 Å². The molecule has 0 saturated heterocycles. The number of nitro groups is 1. The molecule has 1 atom stereocenters.